The molecule has 0 fully saturated rings. The number of hydrogen-bond donors (Lipinski definition) is 1. The fourth-order valence-corrected chi connectivity index (χ4v) is 2.73. The third kappa shape index (κ3) is 5.04. The van der Waals surface area contributed by atoms with Gasteiger partial charge in [0.15, 0.2) is 5.16 Å². The number of nitrogens with one attached hydrogen (secondary N) is 1. The molecule has 0 aliphatic carbocycles. The summed E-state index contributed by atoms with van der Waals surface area (Å²) in [6.45, 7) is 1.09. The number of nitrogens with zero attached hydrogens (tertiary/aromatic N) is 3. The van der Waals surface area contributed by atoms with Crippen molar-refractivity contribution in [1.82, 2.24) is 20.1 Å². The van der Waals surface area contributed by atoms with Crippen LogP contribution in [0.2, 0.25) is 0 Å². The molecule has 0 radical (unpaired) electrons. The number of benzene rings is 1. The van der Waals surface area contributed by atoms with E-state index in [9.17, 15) is 9.18 Å². The first-order valence-electron chi connectivity index (χ1n) is 7.15. The highest BCUT2D eigenvalue weighted by molar-refractivity contribution is 7.99. The van der Waals surface area contributed by atoms with E-state index in [1.54, 1.807) is 18.9 Å². The van der Waals surface area contributed by atoms with Gasteiger partial charge in [-0.05, 0) is 24.3 Å². The topological polar surface area (TPSA) is 69.0 Å². The third-order valence-corrected chi connectivity index (χ3v) is 4.17. The van der Waals surface area contributed by atoms with E-state index in [0.29, 0.717) is 25.1 Å². The van der Waals surface area contributed by atoms with Crippen molar-refractivity contribution in [2.24, 2.45) is 7.05 Å². The molecule has 0 bridgehead atoms. The Morgan fingerprint density at radius 1 is 1.35 bits per heavy atom. The van der Waals surface area contributed by atoms with Crippen molar-refractivity contribution in [3.8, 4) is 0 Å². The van der Waals surface area contributed by atoms with Crippen LogP contribution in [0.15, 0.2) is 29.4 Å². The normalized spacial score (nSPS) is 10.7. The highest BCUT2D eigenvalue weighted by Gasteiger charge is 2.10. The quantitative estimate of drug-likeness (QED) is 0.586. The molecule has 0 saturated carbocycles. The maximum atomic E-state index is 12.8. The molecule has 0 spiro atoms. The van der Waals surface area contributed by atoms with Gasteiger partial charge in [0.25, 0.3) is 5.91 Å². The molecule has 2 rings (SSSR count). The molecular formula is C15H19FN4O2S. The Bertz CT molecular complexity index is 645. The summed E-state index contributed by atoms with van der Waals surface area (Å²) < 4.78 is 19.7. The maximum absolute atomic E-state index is 12.8. The molecule has 1 amide bonds. The van der Waals surface area contributed by atoms with Crippen LogP contribution in [0.3, 0.4) is 0 Å². The van der Waals surface area contributed by atoms with Crippen molar-refractivity contribution in [2.45, 2.75) is 11.6 Å². The number of carbonyl (C=O) groups is 1. The van der Waals surface area contributed by atoms with Gasteiger partial charge >= 0.3 is 0 Å². The van der Waals surface area contributed by atoms with Crippen LogP contribution in [0, 0.1) is 5.82 Å². The number of methoxy groups -OCH3 is 1. The monoisotopic (exact) mass is 338 g/mol. The number of amides is 1. The minimum absolute atomic E-state index is 0.234. The van der Waals surface area contributed by atoms with Crippen molar-refractivity contribution in [3.63, 3.8) is 0 Å². The minimum atomic E-state index is -0.362. The average Bonchev–Trinajstić information content (AvgIpc) is 2.89. The number of halogens is 1. The molecule has 2 aromatic rings. The maximum Gasteiger partial charge on any atom is 0.251 e. The third-order valence-electron chi connectivity index (χ3n) is 3.18. The smallest absolute Gasteiger partial charge is 0.251 e. The van der Waals surface area contributed by atoms with Crippen molar-refractivity contribution in [3.05, 3.63) is 41.5 Å². The molecule has 1 N–H and O–H groups in total. The Kier molecular flexibility index (Phi) is 6.54. The molecule has 0 atom stereocenters. The number of hydrogen-bond acceptors (Lipinski definition) is 5. The van der Waals surface area contributed by atoms with Gasteiger partial charge in [-0.15, -0.1) is 10.2 Å². The molecule has 1 aromatic heterocycles. The van der Waals surface area contributed by atoms with Gasteiger partial charge in [-0.1, -0.05) is 11.8 Å². The second-order valence-electron chi connectivity index (χ2n) is 4.81. The van der Waals surface area contributed by atoms with Crippen molar-refractivity contribution in [2.75, 3.05) is 26.0 Å². The Balaban J connectivity index is 1.82. The van der Waals surface area contributed by atoms with Gasteiger partial charge in [0.05, 0.1) is 6.61 Å². The SMILES string of the molecule is COCCSc1nnc(CCNC(=O)c2ccc(F)cc2)n1C. The lowest BCUT2D eigenvalue weighted by atomic mass is 10.2. The predicted molar refractivity (Wildman–Crippen MR) is 86.0 cm³/mol. The van der Waals surface area contributed by atoms with E-state index in [1.165, 1.54) is 24.3 Å². The van der Waals surface area contributed by atoms with E-state index >= 15 is 0 Å². The number of carbonyl (C=O) groups excluding carboxylic acids is 1. The van der Waals surface area contributed by atoms with Gasteiger partial charge in [0.2, 0.25) is 0 Å². The Morgan fingerprint density at radius 2 is 2.09 bits per heavy atom. The van der Waals surface area contributed by atoms with Gasteiger partial charge in [-0.3, -0.25) is 4.79 Å². The van der Waals surface area contributed by atoms with E-state index in [4.69, 9.17) is 4.74 Å². The number of rotatable bonds is 8. The predicted octanol–water partition coefficient (Wildman–Crippen LogP) is 1.67. The first kappa shape index (κ1) is 17.4. The molecule has 8 heteroatoms. The van der Waals surface area contributed by atoms with Crippen LogP contribution in [0.5, 0.6) is 0 Å². The van der Waals surface area contributed by atoms with Gasteiger partial charge in [-0.2, -0.15) is 0 Å². The molecule has 1 heterocycles. The molecule has 0 unspecified atom stereocenters. The summed E-state index contributed by atoms with van der Waals surface area (Å²) in [5.41, 5.74) is 0.431. The first-order chi connectivity index (χ1) is 11.1. The fraction of sp³-hybridized carbons (Fsp3) is 0.400. The lowest BCUT2D eigenvalue weighted by Gasteiger charge is -2.06. The van der Waals surface area contributed by atoms with Gasteiger partial charge < -0.3 is 14.6 Å². The summed E-state index contributed by atoms with van der Waals surface area (Å²) in [6, 6.07) is 5.44. The number of aromatic nitrogens is 3. The van der Waals surface area contributed by atoms with Gasteiger partial charge in [0, 0.05) is 38.4 Å². The van der Waals surface area contributed by atoms with Gasteiger partial charge in [-0.25, -0.2) is 4.39 Å². The molecule has 0 aliphatic rings. The first-order valence-corrected chi connectivity index (χ1v) is 8.14. The summed E-state index contributed by atoms with van der Waals surface area (Å²) in [5, 5.41) is 11.9. The van der Waals surface area contributed by atoms with Crippen LogP contribution in [0.25, 0.3) is 0 Å². The van der Waals surface area contributed by atoms with Crippen LogP contribution in [0.1, 0.15) is 16.2 Å². The van der Waals surface area contributed by atoms with Crippen molar-refractivity contribution >= 4 is 17.7 Å². The zero-order chi connectivity index (χ0) is 16.7. The summed E-state index contributed by atoms with van der Waals surface area (Å²) in [4.78, 5) is 11.9. The average molecular weight is 338 g/mol. The van der Waals surface area contributed by atoms with Crippen molar-refractivity contribution in [1.29, 1.82) is 0 Å². The van der Waals surface area contributed by atoms with Crippen LogP contribution in [-0.4, -0.2) is 46.7 Å². The zero-order valence-electron chi connectivity index (χ0n) is 13.1. The summed E-state index contributed by atoms with van der Waals surface area (Å²) in [6.07, 6.45) is 0.571. The van der Waals surface area contributed by atoms with Gasteiger partial charge in [0.1, 0.15) is 11.6 Å². The standard InChI is InChI=1S/C15H19FN4O2S/c1-20-13(18-19-15(20)23-10-9-22-2)7-8-17-14(21)11-3-5-12(16)6-4-11/h3-6H,7-10H2,1-2H3,(H,17,21). The van der Waals surface area contributed by atoms with Crippen molar-refractivity contribution < 1.29 is 13.9 Å². The second-order valence-corrected chi connectivity index (χ2v) is 5.87. The summed E-state index contributed by atoms with van der Waals surface area (Å²) in [7, 11) is 3.55. The molecule has 23 heavy (non-hydrogen) atoms. The van der Waals surface area contributed by atoms with E-state index in [1.807, 2.05) is 11.6 Å². The number of ether oxygens (including phenoxy) is 1. The summed E-state index contributed by atoms with van der Waals surface area (Å²) >= 11 is 1.57. The van der Waals surface area contributed by atoms with E-state index in [2.05, 4.69) is 15.5 Å². The fourth-order valence-electron chi connectivity index (χ4n) is 1.90. The largest absolute Gasteiger partial charge is 0.384 e. The molecule has 1 aromatic carbocycles. The second kappa shape index (κ2) is 8.64. The highest BCUT2D eigenvalue weighted by atomic mass is 32.2. The van der Waals surface area contributed by atoms with E-state index in [0.717, 1.165) is 16.7 Å². The lowest BCUT2D eigenvalue weighted by Crippen LogP contribution is -2.26. The molecule has 124 valence electrons. The summed E-state index contributed by atoms with van der Waals surface area (Å²) in [5.74, 6) is 1.01. The van der Waals surface area contributed by atoms with E-state index in [-0.39, 0.29) is 11.7 Å². The van der Waals surface area contributed by atoms with Crippen LogP contribution < -0.4 is 5.32 Å². The molecular weight excluding hydrogens is 319 g/mol. The number of thioether (sulfide) groups is 1. The Labute approximate surface area is 138 Å². The molecule has 0 aliphatic heterocycles. The molecule has 0 saturated heterocycles. The lowest BCUT2D eigenvalue weighted by molar-refractivity contribution is 0.0954. The highest BCUT2D eigenvalue weighted by Crippen LogP contribution is 2.15. The Hall–Kier alpha value is -1.93. The minimum Gasteiger partial charge on any atom is -0.384 e. The van der Waals surface area contributed by atoms with Crippen LogP contribution in [0.4, 0.5) is 4.39 Å². The van der Waals surface area contributed by atoms with Crippen LogP contribution >= 0.6 is 11.8 Å². The molecule has 6 nitrogen and oxygen atoms in total. The zero-order valence-corrected chi connectivity index (χ0v) is 13.9. The Morgan fingerprint density at radius 3 is 2.78 bits per heavy atom. The van der Waals surface area contributed by atoms with E-state index < -0.39 is 0 Å². The van der Waals surface area contributed by atoms with Crippen LogP contribution in [-0.2, 0) is 18.2 Å².